The van der Waals surface area contributed by atoms with Crippen molar-refractivity contribution in [3.8, 4) is 0 Å². The van der Waals surface area contributed by atoms with Crippen LogP contribution in [0.2, 0.25) is 0 Å². The highest BCUT2D eigenvalue weighted by Gasteiger charge is 2.23. The van der Waals surface area contributed by atoms with Crippen LogP contribution in [0, 0.1) is 0 Å². The second-order valence-electron chi connectivity index (χ2n) is 8.04. The van der Waals surface area contributed by atoms with E-state index in [0.717, 1.165) is 37.7 Å². The molecule has 0 radical (unpaired) electrons. The zero-order valence-corrected chi connectivity index (χ0v) is 17.2. The van der Waals surface area contributed by atoms with Crippen LogP contribution in [0.1, 0.15) is 65.2 Å². The minimum atomic E-state index is -1.02. The number of nitrogens with zero attached hydrogens (tertiary/aromatic N) is 3. The summed E-state index contributed by atoms with van der Waals surface area (Å²) in [4.78, 5) is 37.5. The minimum absolute atomic E-state index is 0.0597. The molecule has 0 atom stereocenters. The summed E-state index contributed by atoms with van der Waals surface area (Å²) in [5.41, 5.74) is 1.44. The molecule has 4 rings (SSSR count). The Kier molecular flexibility index (Phi) is 6.11. The summed E-state index contributed by atoms with van der Waals surface area (Å²) in [6.45, 7) is 0.367. The van der Waals surface area contributed by atoms with E-state index in [-0.39, 0.29) is 30.1 Å². The van der Waals surface area contributed by atoms with Gasteiger partial charge in [-0.1, -0.05) is 61.7 Å². The van der Waals surface area contributed by atoms with Gasteiger partial charge in [-0.05, 0) is 36.1 Å². The van der Waals surface area contributed by atoms with E-state index in [4.69, 9.17) is 5.11 Å². The van der Waals surface area contributed by atoms with Crippen LogP contribution in [-0.4, -0.2) is 25.4 Å². The van der Waals surface area contributed by atoms with Crippen LogP contribution in [0.4, 0.5) is 0 Å². The first kappa shape index (κ1) is 20.8. The molecule has 1 aliphatic rings. The fraction of sp³-hybridized carbons (Fsp3) is 0.333. The van der Waals surface area contributed by atoms with Crippen molar-refractivity contribution in [2.45, 2.75) is 51.1 Å². The van der Waals surface area contributed by atoms with E-state index in [1.54, 1.807) is 12.1 Å². The molecule has 3 aromatic rings. The van der Waals surface area contributed by atoms with E-state index in [1.165, 1.54) is 21.4 Å². The predicted molar refractivity (Wildman–Crippen MR) is 117 cm³/mol. The van der Waals surface area contributed by atoms with E-state index in [9.17, 15) is 14.4 Å². The van der Waals surface area contributed by atoms with Crippen molar-refractivity contribution < 1.29 is 9.90 Å². The molecule has 2 aromatic carbocycles. The number of aromatic carboxylic acids is 1. The largest absolute Gasteiger partial charge is 0.478 e. The van der Waals surface area contributed by atoms with Gasteiger partial charge >= 0.3 is 11.7 Å². The number of benzene rings is 2. The van der Waals surface area contributed by atoms with Crippen molar-refractivity contribution >= 4 is 5.97 Å². The standard InChI is InChI=1S/C24H25N3O4/c28-22-21(19-9-5-2-6-10-19)25-27(16-17-7-3-1-4-8-17)24(31)26(22)15-18-11-13-20(14-12-18)23(29)30/h1,3-4,7-8,11-14,19H,2,5-6,9-10,15-16H2,(H,29,30). The summed E-state index contributed by atoms with van der Waals surface area (Å²) in [7, 11) is 0. The summed E-state index contributed by atoms with van der Waals surface area (Å²) in [5.74, 6) is -0.957. The zero-order valence-electron chi connectivity index (χ0n) is 17.2. The second kappa shape index (κ2) is 9.12. The number of rotatable bonds is 6. The number of carboxylic acid groups (broad SMARTS) is 1. The average Bonchev–Trinajstić information content (AvgIpc) is 2.80. The summed E-state index contributed by atoms with van der Waals surface area (Å²) in [6.07, 6.45) is 5.07. The van der Waals surface area contributed by atoms with Gasteiger partial charge in [0.1, 0.15) is 5.69 Å². The quantitative estimate of drug-likeness (QED) is 0.662. The highest BCUT2D eigenvalue weighted by atomic mass is 16.4. The average molecular weight is 419 g/mol. The first-order valence-electron chi connectivity index (χ1n) is 10.6. The minimum Gasteiger partial charge on any atom is -0.478 e. The first-order chi connectivity index (χ1) is 15.0. The lowest BCUT2D eigenvalue weighted by atomic mass is 9.87. The molecule has 160 valence electrons. The lowest BCUT2D eigenvalue weighted by molar-refractivity contribution is 0.0697. The van der Waals surface area contributed by atoms with Crippen molar-refractivity contribution in [2.24, 2.45) is 0 Å². The molecular weight excluding hydrogens is 394 g/mol. The van der Waals surface area contributed by atoms with Crippen LogP contribution in [0.3, 0.4) is 0 Å². The van der Waals surface area contributed by atoms with E-state index >= 15 is 0 Å². The molecule has 0 bridgehead atoms. The van der Waals surface area contributed by atoms with Crippen molar-refractivity contribution in [3.63, 3.8) is 0 Å². The summed E-state index contributed by atoms with van der Waals surface area (Å²) < 4.78 is 2.61. The molecule has 7 nitrogen and oxygen atoms in total. The Morgan fingerprint density at radius 1 is 0.903 bits per heavy atom. The van der Waals surface area contributed by atoms with Crippen molar-refractivity contribution in [1.29, 1.82) is 0 Å². The van der Waals surface area contributed by atoms with Crippen LogP contribution in [0.25, 0.3) is 0 Å². The van der Waals surface area contributed by atoms with Gasteiger partial charge in [-0.2, -0.15) is 5.10 Å². The Hall–Kier alpha value is -3.48. The molecule has 0 aliphatic heterocycles. The van der Waals surface area contributed by atoms with Crippen molar-refractivity contribution in [3.05, 3.63) is 97.8 Å². The van der Waals surface area contributed by atoms with Gasteiger partial charge in [0.05, 0.1) is 18.7 Å². The van der Waals surface area contributed by atoms with E-state index in [0.29, 0.717) is 11.3 Å². The molecule has 1 fully saturated rings. The van der Waals surface area contributed by atoms with E-state index < -0.39 is 11.7 Å². The second-order valence-corrected chi connectivity index (χ2v) is 8.04. The third-order valence-corrected chi connectivity index (χ3v) is 5.85. The molecule has 7 heteroatoms. The maximum Gasteiger partial charge on any atom is 0.348 e. The van der Waals surface area contributed by atoms with Crippen molar-refractivity contribution in [1.82, 2.24) is 14.3 Å². The zero-order chi connectivity index (χ0) is 21.8. The maximum atomic E-state index is 13.3. The lowest BCUT2D eigenvalue weighted by Gasteiger charge is -2.22. The van der Waals surface area contributed by atoms with Crippen LogP contribution in [-0.2, 0) is 13.1 Å². The Morgan fingerprint density at radius 2 is 1.55 bits per heavy atom. The number of aromatic nitrogens is 3. The van der Waals surface area contributed by atoms with Gasteiger partial charge in [0.15, 0.2) is 0 Å². The molecule has 0 unspecified atom stereocenters. The molecule has 1 N–H and O–H groups in total. The molecule has 31 heavy (non-hydrogen) atoms. The van der Waals surface area contributed by atoms with Crippen LogP contribution >= 0.6 is 0 Å². The third-order valence-electron chi connectivity index (χ3n) is 5.85. The third kappa shape index (κ3) is 4.66. The van der Waals surface area contributed by atoms with Crippen LogP contribution in [0.15, 0.2) is 64.2 Å². The maximum absolute atomic E-state index is 13.3. The lowest BCUT2D eigenvalue weighted by Crippen LogP contribution is -2.44. The predicted octanol–water partition coefficient (Wildman–Crippen LogP) is 3.25. The molecule has 1 aliphatic carbocycles. The van der Waals surface area contributed by atoms with Gasteiger partial charge in [0.25, 0.3) is 5.56 Å². The Bertz CT molecular complexity index is 1170. The smallest absolute Gasteiger partial charge is 0.348 e. The first-order valence-corrected chi connectivity index (χ1v) is 10.6. The SMILES string of the molecule is O=C(O)c1ccc(Cn2c(=O)c(C3CCCCC3)nn(Cc3ccccc3)c2=O)cc1. The normalized spacial score (nSPS) is 14.5. The Labute approximate surface area is 179 Å². The van der Waals surface area contributed by atoms with Gasteiger partial charge in [-0.3, -0.25) is 9.36 Å². The molecule has 1 saturated carbocycles. The summed E-state index contributed by atoms with van der Waals surface area (Å²) in [6, 6.07) is 15.8. The van der Waals surface area contributed by atoms with E-state index in [1.807, 2.05) is 30.3 Å². The Morgan fingerprint density at radius 3 is 2.19 bits per heavy atom. The highest BCUT2D eigenvalue weighted by Crippen LogP contribution is 2.29. The molecule has 0 spiro atoms. The highest BCUT2D eigenvalue weighted by molar-refractivity contribution is 5.87. The number of carbonyl (C=O) groups is 1. The van der Waals surface area contributed by atoms with Gasteiger partial charge in [0, 0.05) is 5.92 Å². The molecule has 1 heterocycles. The summed E-state index contributed by atoms with van der Waals surface area (Å²) >= 11 is 0. The molecular formula is C24H25N3O4. The van der Waals surface area contributed by atoms with Gasteiger partial charge < -0.3 is 5.11 Å². The van der Waals surface area contributed by atoms with Crippen LogP contribution < -0.4 is 11.2 Å². The fourth-order valence-corrected chi connectivity index (χ4v) is 4.15. The monoisotopic (exact) mass is 419 g/mol. The van der Waals surface area contributed by atoms with Gasteiger partial charge in [0.2, 0.25) is 0 Å². The van der Waals surface area contributed by atoms with Gasteiger partial charge in [-0.15, -0.1) is 0 Å². The van der Waals surface area contributed by atoms with Crippen molar-refractivity contribution in [2.75, 3.05) is 0 Å². The molecule has 0 saturated heterocycles. The number of hydrogen-bond acceptors (Lipinski definition) is 4. The molecule has 0 amide bonds. The number of hydrogen-bond donors (Lipinski definition) is 1. The topological polar surface area (TPSA) is 94.2 Å². The van der Waals surface area contributed by atoms with Gasteiger partial charge in [-0.25, -0.2) is 14.3 Å². The number of carboxylic acids is 1. The Balaban J connectivity index is 1.76. The summed E-state index contributed by atoms with van der Waals surface area (Å²) in [5, 5.41) is 13.6. The molecule has 1 aromatic heterocycles. The fourth-order valence-electron chi connectivity index (χ4n) is 4.15. The van der Waals surface area contributed by atoms with E-state index in [2.05, 4.69) is 5.10 Å². The van der Waals surface area contributed by atoms with Crippen LogP contribution in [0.5, 0.6) is 0 Å².